The first-order chi connectivity index (χ1) is 13.5. The Morgan fingerprint density at radius 1 is 1.11 bits per heavy atom. The molecule has 3 rings (SSSR count). The summed E-state index contributed by atoms with van der Waals surface area (Å²) in [5.74, 6) is 1.60. The van der Waals surface area contributed by atoms with Gasteiger partial charge in [0.1, 0.15) is 0 Å². The second-order valence-corrected chi connectivity index (χ2v) is 7.79. The lowest BCUT2D eigenvalue weighted by atomic mass is 10.0. The average Bonchev–Trinajstić information content (AvgIpc) is 3.18. The third-order valence-electron chi connectivity index (χ3n) is 5.22. The maximum absolute atomic E-state index is 4.29. The van der Waals surface area contributed by atoms with Crippen molar-refractivity contribution in [2.45, 2.75) is 66.2 Å². The van der Waals surface area contributed by atoms with E-state index in [1.165, 1.54) is 42.6 Å². The van der Waals surface area contributed by atoms with Crippen molar-refractivity contribution in [3.05, 3.63) is 59.6 Å². The number of aromatic nitrogens is 2. The van der Waals surface area contributed by atoms with E-state index in [4.69, 9.17) is 0 Å². The minimum atomic E-state index is 0.736. The molecule has 2 aromatic rings. The molecule has 0 atom stereocenters. The number of benzene rings is 1. The Balaban J connectivity index is 0.000000209. The van der Waals surface area contributed by atoms with Gasteiger partial charge >= 0.3 is 0 Å². The number of nitrogens with one attached hydrogen (secondary N) is 2. The van der Waals surface area contributed by atoms with Crippen LogP contribution in [0.3, 0.4) is 0 Å². The minimum Gasteiger partial charge on any atom is -0.359 e. The molecule has 0 spiro atoms. The van der Waals surface area contributed by atoms with Crippen LogP contribution in [0.4, 0.5) is 11.6 Å². The van der Waals surface area contributed by atoms with Crippen LogP contribution in [0.15, 0.2) is 42.7 Å². The monoisotopic (exact) mass is 380 g/mol. The van der Waals surface area contributed by atoms with Crippen LogP contribution in [0.1, 0.15) is 62.3 Å². The molecule has 0 radical (unpaired) electrons. The van der Waals surface area contributed by atoms with Gasteiger partial charge in [-0.2, -0.15) is 0 Å². The molecular formula is C24H36N4. The smallest absolute Gasteiger partial charge is 0.222 e. The van der Waals surface area contributed by atoms with Crippen molar-refractivity contribution >= 4 is 11.6 Å². The topological polar surface area (TPSA) is 49.8 Å². The Morgan fingerprint density at radius 2 is 1.82 bits per heavy atom. The molecule has 0 aliphatic heterocycles. The quantitative estimate of drug-likeness (QED) is 0.582. The first-order valence-electron chi connectivity index (χ1n) is 10.5. The van der Waals surface area contributed by atoms with Crippen LogP contribution in [0.25, 0.3) is 0 Å². The summed E-state index contributed by atoms with van der Waals surface area (Å²) >= 11 is 0. The van der Waals surface area contributed by atoms with Gasteiger partial charge in [0.15, 0.2) is 0 Å². The number of hydrogen-bond donors (Lipinski definition) is 2. The van der Waals surface area contributed by atoms with E-state index < -0.39 is 0 Å². The summed E-state index contributed by atoms with van der Waals surface area (Å²) < 4.78 is 0. The van der Waals surface area contributed by atoms with Crippen molar-refractivity contribution in [1.29, 1.82) is 0 Å². The zero-order chi connectivity index (χ0) is 20.4. The zero-order valence-electron chi connectivity index (χ0n) is 18.0. The molecule has 1 heterocycles. The second-order valence-electron chi connectivity index (χ2n) is 7.79. The zero-order valence-corrected chi connectivity index (χ0v) is 18.0. The molecule has 0 amide bonds. The van der Waals surface area contributed by atoms with Gasteiger partial charge in [-0.3, -0.25) is 0 Å². The van der Waals surface area contributed by atoms with Crippen molar-refractivity contribution < 1.29 is 0 Å². The first kappa shape index (κ1) is 21.9. The molecule has 1 aromatic carbocycles. The Hall–Kier alpha value is -2.36. The molecule has 152 valence electrons. The Kier molecular flexibility index (Phi) is 8.99. The molecule has 4 heteroatoms. The first-order valence-corrected chi connectivity index (χ1v) is 10.5. The van der Waals surface area contributed by atoms with Gasteiger partial charge in [-0.25, -0.2) is 9.97 Å². The molecule has 28 heavy (non-hydrogen) atoms. The Morgan fingerprint density at radius 3 is 2.46 bits per heavy atom. The number of para-hydroxylation sites is 1. The summed E-state index contributed by atoms with van der Waals surface area (Å²) in [5, 5.41) is 6.58. The largest absolute Gasteiger partial charge is 0.359 e. The third-order valence-corrected chi connectivity index (χ3v) is 5.22. The van der Waals surface area contributed by atoms with Gasteiger partial charge in [0.05, 0.1) is 0 Å². The highest BCUT2D eigenvalue weighted by molar-refractivity contribution is 5.53. The highest BCUT2D eigenvalue weighted by Crippen LogP contribution is 2.30. The summed E-state index contributed by atoms with van der Waals surface area (Å²) in [5.41, 5.74) is 5.84. The highest BCUT2D eigenvalue weighted by atomic mass is 15.1. The second kappa shape index (κ2) is 11.5. The van der Waals surface area contributed by atoms with Gasteiger partial charge in [0.2, 0.25) is 5.95 Å². The highest BCUT2D eigenvalue weighted by Gasteiger charge is 2.15. The van der Waals surface area contributed by atoms with Crippen molar-refractivity contribution in [1.82, 2.24) is 9.97 Å². The number of allylic oxidation sites excluding steroid dienone is 1. The van der Waals surface area contributed by atoms with Crippen LogP contribution in [0.2, 0.25) is 0 Å². The van der Waals surface area contributed by atoms with Crippen molar-refractivity contribution in [3.8, 4) is 0 Å². The van der Waals surface area contributed by atoms with Gasteiger partial charge in [0, 0.05) is 29.8 Å². The van der Waals surface area contributed by atoms with Gasteiger partial charge in [-0.05, 0) is 56.7 Å². The van der Waals surface area contributed by atoms with Crippen LogP contribution in [-0.2, 0) is 0 Å². The molecule has 1 aromatic heterocycles. The minimum absolute atomic E-state index is 0.736. The van der Waals surface area contributed by atoms with E-state index in [2.05, 4.69) is 65.3 Å². The molecule has 1 aliphatic rings. The molecule has 0 unspecified atom stereocenters. The van der Waals surface area contributed by atoms with Gasteiger partial charge in [-0.15, -0.1) is 0 Å². The van der Waals surface area contributed by atoms with E-state index in [1.54, 1.807) is 0 Å². The van der Waals surface area contributed by atoms with E-state index >= 15 is 0 Å². The molecule has 1 aliphatic carbocycles. The van der Waals surface area contributed by atoms with E-state index in [0.717, 1.165) is 42.5 Å². The van der Waals surface area contributed by atoms with Crippen molar-refractivity contribution in [2.24, 2.45) is 5.92 Å². The summed E-state index contributed by atoms with van der Waals surface area (Å²) in [6.45, 7) is 13.3. The summed E-state index contributed by atoms with van der Waals surface area (Å²) in [4.78, 5) is 8.44. The van der Waals surface area contributed by atoms with Gasteiger partial charge in [-0.1, -0.05) is 57.4 Å². The lowest BCUT2D eigenvalue weighted by molar-refractivity contribution is 0.546. The summed E-state index contributed by atoms with van der Waals surface area (Å²) in [7, 11) is 0. The van der Waals surface area contributed by atoms with Gasteiger partial charge < -0.3 is 10.6 Å². The Bertz CT molecular complexity index is 748. The maximum atomic E-state index is 4.29. The molecular weight excluding hydrogens is 344 g/mol. The average molecular weight is 381 g/mol. The van der Waals surface area contributed by atoms with E-state index in [9.17, 15) is 0 Å². The fraction of sp³-hybridized carbons (Fsp3) is 0.500. The Labute approximate surface area is 170 Å². The number of hydrogen-bond acceptors (Lipinski definition) is 4. The molecule has 0 saturated heterocycles. The summed E-state index contributed by atoms with van der Waals surface area (Å²) in [6.07, 6.45) is 9.65. The molecule has 1 fully saturated rings. The fourth-order valence-corrected chi connectivity index (χ4v) is 3.37. The van der Waals surface area contributed by atoms with Crippen LogP contribution in [-0.4, -0.2) is 16.5 Å². The SMILES string of the molecule is C=C(CC1CCCC1)Nc1ccccc1C.CCCNc1ncc(C)c(C)n1. The van der Waals surface area contributed by atoms with E-state index in [1.807, 2.05) is 20.0 Å². The number of aryl methyl sites for hydroxylation is 3. The van der Waals surface area contributed by atoms with E-state index in [-0.39, 0.29) is 0 Å². The summed E-state index contributed by atoms with van der Waals surface area (Å²) in [6, 6.07) is 8.39. The standard InChI is InChI=1S/C15H21N.C9H15N3/c1-12-7-3-6-10-15(12)16-13(2)11-14-8-4-5-9-14;1-4-5-10-9-11-6-7(2)8(3)12-9/h3,6-7,10,14,16H,2,4-5,8-9,11H2,1H3;6H,4-5H2,1-3H3,(H,10,11,12). The van der Waals surface area contributed by atoms with Crippen LogP contribution in [0.5, 0.6) is 0 Å². The van der Waals surface area contributed by atoms with E-state index in [0.29, 0.717) is 0 Å². The maximum Gasteiger partial charge on any atom is 0.222 e. The number of anilines is 2. The van der Waals surface area contributed by atoms with Crippen LogP contribution in [0, 0.1) is 26.7 Å². The number of rotatable bonds is 7. The normalized spacial score (nSPS) is 13.6. The lowest BCUT2D eigenvalue weighted by Crippen LogP contribution is -2.05. The molecule has 0 bridgehead atoms. The van der Waals surface area contributed by atoms with Gasteiger partial charge in [0.25, 0.3) is 0 Å². The van der Waals surface area contributed by atoms with Crippen LogP contribution < -0.4 is 10.6 Å². The van der Waals surface area contributed by atoms with Crippen molar-refractivity contribution in [3.63, 3.8) is 0 Å². The predicted octanol–water partition coefficient (Wildman–Crippen LogP) is 6.42. The third kappa shape index (κ3) is 7.34. The fourth-order valence-electron chi connectivity index (χ4n) is 3.37. The molecule has 4 nitrogen and oxygen atoms in total. The van der Waals surface area contributed by atoms with Crippen molar-refractivity contribution in [2.75, 3.05) is 17.2 Å². The number of nitrogens with zero attached hydrogens (tertiary/aromatic N) is 2. The predicted molar refractivity (Wildman–Crippen MR) is 121 cm³/mol. The molecule has 1 saturated carbocycles. The van der Waals surface area contributed by atoms with Crippen LogP contribution >= 0.6 is 0 Å². The lowest BCUT2D eigenvalue weighted by Gasteiger charge is -2.15. The molecule has 2 N–H and O–H groups in total.